The van der Waals surface area contributed by atoms with Crippen molar-refractivity contribution in [3.63, 3.8) is 0 Å². The van der Waals surface area contributed by atoms with E-state index in [-0.39, 0.29) is 11.1 Å². The van der Waals surface area contributed by atoms with E-state index in [1.54, 1.807) is 14.2 Å². The first-order valence-electron chi connectivity index (χ1n) is 10.9. The Morgan fingerprint density at radius 2 is 1.79 bits per heavy atom. The molecule has 0 aliphatic carbocycles. The zero-order valence-corrected chi connectivity index (χ0v) is 19.7. The second-order valence-corrected chi connectivity index (χ2v) is 8.88. The molecule has 2 aliphatic rings. The van der Waals surface area contributed by atoms with Crippen LogP contribution in [-0.2, 0) is 11.3 Å². The van der Waals surface area contributed by atoms with E-state index in [1.807, 2.05) is 42.5 Å². The smallest absolute Gasteiger partial charge is 0.302 e. The van der Waals surface area contributed by atoms with E-state index in [2.05, 4.69) is 15.3 Å². The van der Waals surface area contributed by atoms with Gasteiger partial charge in [0.05, 0.1) is 33.0 Å². The zero-order valence-electron chi connectivity index (χ0n) is 18.9. The number of rotatable bonds is 8. The van der Waals surface area contributed by atoms with Gasteiger partial charge < -0.3 is 14.8 Å². The van der Waals surface area contributed by atoms with Gasteiger partial charge in [-0.15, -0.1) is 0 Å². The number of likely N-dealkylation sites (tertiary alicyclic amines) is 1. The number of hydrazone groups is 1. The van der Waals surface area contributed by atoms with Crippen LogP contribution in [0.5, 0.6) is 11.5 Å². The number of hydrogen-bond donors (Lipinski definition) is 1. The average molecular weight is 469 g/mol. The maximum Gasteiger partial charge on any atom is 0.302 e. The van der Waals surface area contributed by atoms with Crippen LogP contribution in [0.2, 0.25) is 0 Å². The monoisotopic (exact) mass is 468 g/mol. The Morgan fingerprint density at radius 3 is 2.48 bits per heavy atom. The topological polar surface area (TPSA) is 83.5 Å². The molecule has 2 aliphatic heterocycles. The Hall–Kier alpha value is -3.04. The number of methoxy groups -OCH3 is 2. The van der Waals surface area contributed by atoms with Gasteiger partial charge in [0.25, 0.3) is 0 Å². The first kappa shape index (κ1) is 23.1. The van der Waals surface area contributed by atoms with E-state index in [1.165, 1.54) is 16.8 Å². The van der Waals surface area contributed by atoms with Crippen molar-refractivity contribution in [2.24, 2.45) is 5.10 Å². The van der Waals surface area contributed by atoms with Crippen LogP contribution in [0.3, 0.4) is 0 Å². The maximum absolute atomic E-state index is 12.5. The number of ether oxygens (including phenoxy) is 2. The predicted molar refractivity (Wildman–Crippen MR) is 130 cm³/mol. The molecule has 2 heterocycles. The van der Waals surface area contributed by atoms with E-state index in [9.17, 15) is 9.59 Å². The van der Waals surface area contributed by atoms with E-state index in [0.29, 0.717) is 30.3 Å². The van der Waals surface area contributed by atoms with Gasteiger partial charge in [0.1, 0.15) is 0 Å². The number of thioether (sulfide) groups is 1. The zero-order chi connectivity index (χ0) is 23.2. The minimum Gasteiger partial charge on any atom is -0.493 e. The van der Waals surface area contributed by atoms with Crippen LogP contribution in [0.15, 0.2) is 47.6 Å². The highest BCUT2D eigenvalue weighted by atomic mass is 32.2. The summed E-state index contributed by atoms with van der Waals surface area (Å²) in [7, 11) is 3.18. The maximum atomic E-state index is 12.5. The van der Waals surface area contributed by atoms with Crippen LogP contribution >= 0.6 is 11.8 Å². The van der Waals surface area contributed by atoms with Crippen LogP contribution in [0.4, 0.5) is 10.5 Å². The molecule has 0 radical (unpaired) electrons. The number of amides is 2. The van der Waals surface area contributed by atoms with Crippen molar-refractivity contribution < 1.29 is 19.1 Å². The van der Waals surface area contributed by atoms with Gasteiger partial charge in [-0.25, -0.2) is 5.01 Å². The predicted octanol–water partition coefficient (Wildman–Crippen LogP) is 3.81. The summed E-state index contributed by atoms with van der Waals surface area (Å²) in [6.07, 6.45) is 2.32. The molecule has 2 aromatic carbocycles. The second-order valence-electron chi connectivity index (χ2n) is 7.96. The summed E-state index contributed by atoms with van der Waals surface area (Å²) < 4.78 is 10.7. The molecule has 0 aromatic heterocycles. The van der Waals surface area contributed by atoms with Crippen molar-refractivity contribution in [1.82, 2.24) is 9.91 Å². The van der Waals surface area contributed by atoms with Crippen molar-refractivity contribution in [3.05, 3.63) is 53.6 Å². The Labute approximate surface area is 197 Å². The molecule has 174 valence electrons. The van der Waals surface area contributed by atoms with Gasteiger partial charge in [0.2, 0.25) is 5.91 Å². The van der Waals surface area contributed by atoms with Gasteiger partial charge >= 0.3 is 5.24 Å². The van der Waals surface area contributed by atoms with E-state index in [0.717, 1.165) is 48.5 Å². The molecule has 0 bridgehead atoms. The molecule has 0 unspecified atom stereocenters. The van der Waals surface area contributed by atoms with Gasteiger partial charge in [-0.2, -0.15) is 5.10 Å². The van der Waals surface area contributed by atoms with E-state index >= 15 is 0 Å². The third-order valence-corrected chi connectivity index (χ3v) is 6.51. The van der Waals surface area contributed by atoms with Crippen molar-refractivity contribution in [2.75, 3.05) is 44.9 Å². The summed E-state index contributed by atoms with van der Waals surface area (Å²) >= 11 is 1.22. The van der Waals surface area contributed by atoms with Gasteiger partial charge in [-0.05, 0) is 61.8 Å². The van der Waals surface area contributed by atoms with Crippen LogP contribution < -0.4 is 14.8 Å². The molecule has 0 saturated carbocycles. The highest BCUT2D eigenvalue weighted by molar-refractivity contribution is 8.14. The fourth-order valence-corrected chi connectivity index (χ4v) is 4.63. The van der Waals surface area contributed by atoms with Gasteiger partial charge in [-0.3, -0.25) is 14.5 Å². The largest absolute Gasteiger partial charge is 0.493 e. The van der Waals surface area contributed by atoms with Crippen LogP contribution in [0.1, 0.15) is 24.0 Å². The SMILES string of the molecule is COc1ccc(C2=NN(Cc3ccc(NC(=O)CN4CCCC4)cc3)C(=O)SC2)cc1OC. The molecule has 1 saturated heterocycles. The second kappa shape index (κ2) is 10.7. The third kappa shape index (κ3) is 5.85. The Morgan fingerprint density at radius 1 is 1.06 bits per heavy atom. The minimum atomic E-state index is -0.0952. The molecule has 2 aromatic rings. The van der Waals surface area contributed by atoms with Gasteiger partial charge in [0.15, 0.2) is 11.5 Å². The highest BCUT2D eigenvalue weighted by Crippen LogP contribution is 2.30. The Bertz CT molecular complexity index is 1040. The summed E-state index contributed by atoms with van der Waals surface area (Å²) in [5.74, 6) is 1.75. The first-order chi connectivity index (χ1) is 16.1. The summed E-state index contributed by atoms with van der Waals surface area (Å²) in [6.45, 7) is 2.75. The quantitative estimate of drug-likeness (QED) is 0.634. The molecular weight excluding hydrogens is 440 g/mol. The number of carbonyl (C=O) groups excluding carboxylic acids is 2. The lowest BCUT2D eigenvalue weighted by Gasteiger charge is -2.23. The normalized spacial score (nSPS) is 16.5. The number of benzene rings is 2. The van der Waals surface area contributed by atoms with Crippen molar-refractivity contribution in [3.8, 4) is 11.5 Å². The summed E-state index contributed by atoms with van der Waals surface area (Å²) in [5, 5.41) is 8.92. The highest BCUT2D eigenvalue weighted by Gasteiger charge is 2.23. The molecule has 4 rings (SSSR count). The van der Waals surface area contributed by atoms with Crippen LogP contribution in [-0.4, -0.2) is 66.4 Å². The average Bonchev–Trinajstić information content (AvgIpc) is 3.34. The van der Waals surface area contributed by atoms with Crippen molar-refractivity contribution >= 4 is 34.3 Å². The van der Waals surface area contributed by atoms with Gasteiger partial charge in [-0.1, -0.05) is 23.9 Å². The summed E-state index contributed by atoms with van der Waals surface area (Å²) in [5.41, 5.74) is 3.36. The third-order valence-electron chi connectivity index (χ3n) is 5.64. The van der Waals surface area contributed by atoms with Crippen molar-refractivity contribution in [2.45, 2.75) is 19.4 Å². The lowest BCUT2D eigenvalue weighted by atomic mass is 10.1. The fourth-order valence-electron chi connectivity index (χ4n) is 3.89. The Kier molecular flexibility index (Phi) is 7.51. The minimum absolute atomic E-state index is 0.00331. The number of nitrogens with one attached hydrogen (secondary N) is 1. The summed E-state index contributed by atoms with van der Waals surface area (Å²) in [4.78, 5) is 26.8. The molecule has 0 spiro atoms. The molecule has 33 heavy (non-hydrogen) atoms. The molecule has 2 amide bonds. The molecule has 1 fully saturated rings. The fraction of sp³-hybridized carbons (Fsp3) is 0.375. The molecule has 1 N–H and O–H groups in total. The number of carbonyl (C=O) groups is 2. The lowest BCUT2D eigenvalue weighted by molar-refractivity contribution is -0.117. The lowest BCUT2D eigenvalue weighted by Crippen LogP contribution is -2.31. The number of hydrogen-bond acceptors (Lipinski definition) is 7. The standard InChI is InChI=1S/C24H28N4O4S/c1-31-21-10-7-18(13-22(21)32-2)20-16-33-24(30)28(26-20)14-17-5-8-19(9-6-17)25-23(29)15-27-11-3-4-12-27/h5-10,13H,3-4,11-12,14-16H2,1-2H3,(H,25,29). The Balaban J connectivity index is 1.41. The van der Waals surface area contributed by atoms with E-state index < -0.39 is 0 Å². The number of anilines is 1. The van der Waals surface area contributed by atoms with Crippen LogP contribution in [0, 0.1) is 0 Å². The molecule has 9 heteroatoms. The van der Waals surface area contributed by atoms with Crippen LogP contribution in [0.25, 0.3) is 0 Å². The van der Waals surface area contributed by atoms with Crippen molar-refractivity contribution in [1.29, 1.82) is 0 Å². The molecular formula is C24H28N4O4S. The first-order valence-corrected chi connectivity index (χ1v) is 11.9. The number of nitrogens with zero attached hydrogens (tertiary/aromatic N) is 3. The molecule has 8 nitrogen and oxygen atoms in total. The van der Waals surface area contributed by atoms with Gasteiger partial charge in [0, 0.05) is 17.0 Å². The molecule has 0 atom stereocenters. The summed E-state index contributed by atoms with van der Waals surface area (Å²) in [6, 6.07) is 13.1. The van der Waals surface area contributed by atoms with E-state index in [4.69, 9.17) is 9.47 Å².